The van der Waals surface area contributed by atoms with Gasteiger partial charge in [-0.3, -0.25) is 0 Å². The Labute approximate surface area is 111 Å². The molecule has 2 aromatic rings. The summed E-state index contributed by atoms with van der Waals surface area (Å²) < 4.78 is 10.5. The van der Waals surface area contributed by atoms with Gasteiger partial charge < -0.3 is 9.26 Å². The molecule has 0 aliphatic heterocycles. The molecule has 0 spiro atoms. The van der Waals surface area contributed by atoms with Crippen LogP contribution in [0.3, 0.4) is 0 Å². The van der Waals surface area contributed by atoms with Crippen LogP contribution in [0.4, 0.5) is 0 Å². The third-order valence-electron chi connectivity index (χ3n) is 2.90. The summed E-state index contributed by atoms with van der Waals surface area (Å²) in [5.74, 6) is 1.85. The number of para-hydroxylation sites is 1. The van der Waals surface area contributed by atoms with Gasteiger partial charge in [0, 0.05) is 12.3 Å². The fourth-order valence-electron chi connectivity index (χ4n) is 1.78. The molecular formula is C14H15N3O2. The second-order valence-corrected chi connectivity index (χ2v) is 4.25. The van der Waals surface area contributed by atoms with Crippen LogP contribution in [0.2, 0.25) is 0 Å². The Hall–Kier alpha value is -2.35. The Morgan fingerprint density at radius 1 is 1.42 bits per heavy atom. The highest BCUT2D eigenvalue weighted by Crippen LogP contribution is 2.28. The number of nitrogens with zero attached hydrogens (tertiary/aromatic N) is 3. The van der Waals surface area contributed by atoms with Gasteiger partial charge in [-0.05, 0) is 18.6 Å². The second kappa shape index (κ2) is 6.01. The molecule has 0 saturated heterocycles. The largest absolute Gasteiger partial charge is 0.496 e. The summed E-state index contributed by atoms with van der Waals surface area (Å²) in [7, 11) is 1.61. The molecule has 0 bridgehead atoms. The van der Waals surface area contributed by atoms with Gasteiger partial charge in [-0.15, -0.1) is 0 Å². The maximum atomic E-state index is 8.58. The summed E-state index contributed by atoms with van der Waals surface area (Å²) in [5, 5.41) is 12.6. The number of hydrogen-bond donors (Lipinski definition) is 0. The van der Waals surface area contributed by atoms with E-state index in [-0.39, 0.29) is 5.92 Å². The molecule has 5 heteroatoms. The molecule has 0 saturated carbocycles. The zero-order valence-corrected chi connectivity index (χ0v) is 11.0. The molecule has 98 valence electrons. The second-order valence-electron chi connectivity index (χ2n) is 4.25. The lowest BCUT2D eigenvalue weighted by molar-refractivity contribution is 0.354. The van der Waals surface area contributed by atoms with Gasteiger partial charge in [0.1, 0.15) is 5.75 Å². The molecule has 19 heavy (non-hydrogen) atoms. The van der Waals surface area contributed by atoms with Gasteiger partial charge >= 0.3 is 0 Å². The average molecular weight is 257 g/mol. The van der Waals surface area contributed by atoms with Gasteiger partial charge in [0.15, 0.2) is 0 Å². The molecule has 0 N–H and O–H groups in total. The standard InChI is InChI=1S/C14H15N3O2/c1-10(6-5-9-15)14-16-13(17-19-14)11-7-3-4-8-12(11)18-2/h3-4,7-8,10H,5-6H2,1-2H3. The van der Waals surface area contributed by atoms with Crippen molar-refractivity contribution in [1.82, 2.24) is 10.1 Å². The van der Waals surface area contributed by atoms with Crippen LogP contribution >= 0.6 is 0 Å². The number of nitriles is 1. The van der Waals surface area contributed by atoms with Crippen molar-refractivity contribution in [2.75, 3.05) is 7.11 Å². The first-order chi connectivity index (χ1) is 9.26. The van der Waals surface area contributed by atoms with Crippen molar-refractivity contribution < 1.29 is 9.26 Å². The molecule has 0 aliphatic carbocycles. The lowest BCUT2D eigenvalue weighted by Gasteiger charge is -2.03. The Morgan fingerprint density at radius 2 is 2.21 bits per heavy atom. The van der Waals surface area contributed by atoms with Gasteiger partial charge in [-0.2, -0.15) is 10.2 Å². The Bertz CT molecular complexity index is 586. The first kappa shape index (κ1) is 13.1. The van der Waals surface area contributed by atoms with Crippen molar-refractivity contribution in [3.8, 4) is 23.2 Å². The van der Waals surface area contributed by atoms with E-state index in [2.05, 4.69) is 16.2 Å². The van der Waals surface area contributed by atoms with Crippen molar-refractivity contribution in [2.24, 2.45) is 0 Å². The van der Waals surface area contributed by atoms with Crippen LogP contribution in [0.1, 0.15) is 31.6 Å². The number of rotatable bonds is 5. The lowest BCUT2D eigenvalue weighted by Crippen LogP contribution is -1.94. The molecular weight excluding hydrogens is 242 g/mol. The summed E-state index contributed by atoms with van der Waals surface area (Å²) in [5.41, 5.74) is 0.799. The minimum absolute atomic E-state index is 0.0793. The van der Waals surface area contributed by atoms with E-state index in [0.29, 0.717) is 30.3 Å². The number of ether oxygens (including phenoxy) is 1. The summed E-state index contributed by atoms with van der Waals surface area (Å²) in [6.45, 7) is 1.97. The van der Waals surface area contributed by atoms with E-state index in [0.717, 1.165) is 5.56 Å². The number of methoxy groups -OCH3 is 1. The molecule has 1 heterocycles. The Balaban J connectivity index is 2.23. The normalized spacial score (nSPS) is 11.8. The fourth-order valence-corrected chi connectivity index (χ4v) is 1.78. The fraction of sp³-hybridized carbons (Fsp3) is 0.357. The molecule has 0 amide bonds. The number of aromatic nitrogens is 2. The Kier molecular flexibility index (Phi) is 4.14. The minimum Gasteiger partial charge on any atom is -0.496 e. The maximum absolute atomic E-state index is 8.58. The monoisotopic (exact) mass is 257 g/mol. The maximum Gasteiger partial charge on any atom is 0.229 e. The average Bonchev–Trinajstić information content (AvgIpc) is 2.94. The van der Waals surface area contributed by atoms with Crippen LogP contribution in [-0.4, -0.2) is 17.3 Å². The van der Waals surface area contributed by atoms with Gasteiger partial charge in [-0.1, -0.05) is 24.2 Å². The van der Waals surface area contributed by atoms with Crippen LogP contribution in [0.15, 0.2) is 28.8 Å². The summed E-state index contributed by atoms with van der Waals surface area (Å²) in [6.07, 6.45) is 1.19. The van der Waals surface area contributed by atoms with E-state index in [1.54, 1.807) is 7.11 Å². The molecule has 2 rings (SSSR count). The highest BCUT2D eigenvalue weighted by molar-refractivity contribution is 5.63. The third kappa shape index (κ3) is 2.91. The lowest BCUT2D eigenvalue weighted by atomic mass is 10.1. The zero-order valence-electron chi connectivity index (χ0n) is 11.0. The number of hydrogen-bond acceptors (Lipinski definition) is 5. The van der Waals surface area contributed by atoms with E-state index >= 15 is 0 Å². The molecule has 0 radical (unpaired) electrons. The molecule has 0 fully saturated rings. The van der Waals surface area contributed by atoms with Gasteiger partial charge in [0.05, 0.1) is 18.7 Å². The van der Waals surface area contributed by atoms with Gasteiger partial charge in [0.25, 0.3) is 0 Å². The zero-order chi connectivity index (χ0) is 13.7. The van der Waals surface area contributed by atoms with Crippen LogP contribution in [0.5, 0.6) is 5.75 Å². The summed E-state index contributed by atoms with van der Waals surface area (Å²) in [6, 6.07) is 9.63. The number of benzene rings is 1. The molecule has 0 aliphatic rings. The highest BCUT2D eigenvalue weighted by atomic mass is 16.5. The summed E-state index contributed by atoms with van der Waals surface area (Å²) in [4.78, 5) is 4.37. The van der Waals surface area contributed by atoms with Crippen LogP contribution in [0.25, 0.3) is 11.4 Å². The third-order valence-corrected chi connectivity index (χ3v) is 2.90. The van der Waals surface area contributed by atoms with E-state index < -0.39 is 0 Å². The van der Waals surface area contributed by atoms with Crippen molar-refractivity contribution in [1.29, 1.82) is 5.26 Å². The predicted molar refractivity (Wildman–Crippen MR) is 69.5 cm³/mol. The van der Waals surface area contributed by atoms with Crippen molar-refractivity contribution in [2.45, 2.75) is 25.7 Å². The first-order valence-corrected chi connectivity index (χ1v) is 6.10. The van der Waals surface area contributed by atoms with E-state index in [1.807, 2.05) is 31.2 Å². The molecule has 1 unspecified atom stereocenters. The minimum atomic E-state index is 0.0793. The molecule has 5 nitrogen and oxygen atoms in total. The van der Waals surface area contributed by atoms with Crippen molar-refractivity contribution in [3.63, 3.8) is 0 Å². The van der Waals surface area contributed by atoms with E-state index in [4.69, 9.17) is 14.5 Å². The van der Waals surface area contributed by atoms with Crippen LogP contribution in [-0.2, 0) is 0 Å². The predicted octanol–water partition coefficient (Wildman–Crippen LogP) is 3.15. The van der Waals surface area contributed by atoms with Crippen LogP contribution < -0.4 is 4.74 Å². The topological polar surface area (TPSA) is 71.9 Å². The van der Waals surface area contributed by atoms with E-state index in [9.17, 15) is 0 Å². The van der Waals surface area contributed by atoms with Crippen molar-refractivity contribution >= 4 is 0 Å². The quantitative estimate of drug-likeness (QED) is 0.822. The summed E-state index contributed by atoms with van der Waals surface area (Å²) >= 11 is 0. The molecule has 1 aromatic heterocycles. The SMILES string of the molecule is COc1ccccc1-c1noc(C(C)CCC#N)n1. The van der Waals surface area contributed by atoms with Gasteiger partial charge in [0.2, 0.25) is 11.7 Å². The van der Waals surface area contributed by atoms with Crippen molar-refractivity contribution in [3.05, 3.63) is 30.2 Å². The first-order valence-electron chi connectivity index (χ1n) is 6.10. The Morgan fingerprint density at radius 3 is 2.95 bits per heavy atom. The van der Waals surface area contributed by atoms with E-state index in [1.165, 1.54) is 0 Å². The molecule has 1 aromatic carbocycles. The van der Waals surface area contributed by atoms with Crippen LogP contribution in [0, 0.1) is 11.3 Å². The smallest absolute Gasteiger partial charge is 0.229 e. The van der Waals surface area contributed by atoms with Gasteiger partial charge in [-0.25, -0.2) is 0 Å². The molecule has 1 atom stereocenters. The highest BCUT2D eigenvalue weighted by Gasteiger charge is 2.16.